The molecule has 23 heavy (non-hydrogen) atoms. The number of primary amides is 1. The van der Waals surface area contributed by atoms with Gasteiger partial charge < -0.3 is 10.8 Å². The van der Waals surface area contributed by atoms with Crippen molar-refractivity contribution in [2.24, 2.45) is 10.8 Å². The predicted octanol–water partition coefficient (Wildman–Crippen LogP) is 0.305. The number of halogens is 1. The fourth-order valence-corrected chi connectivity index (χ4v) is 2.38. The molecule has 0 unspecified atom stereocenters. The smallest absolute Gasteiger partial charge is 0.335 e. The van der Waals surface area contributed by atoms with Gasteiger partial charge in [-0.2, -0.15) is 5.10 Å². The van der Waals surface area contributed by atoms with Gasteiger partial charge in [0.1, 0.15) is 5.56 Å². The summed E-state index contributed by atoms with van der Waals surface area (Å²) < 4.78 is 1.72. The number of H-pyrrole nitrogens is 1. The van der Waals surface area contributed by atoms with Gasteiger partial charge in [0.25, 0.3) is 5.56 Å². The largest absolute Gasteiger partial charge is 0.493 e. The molecule has 0 fully saturated rings. The summed E-state index contributed by atoms with van der Waals surface area (Å²) in [5, 5.41) is 13.7. The van der Waals surface area contributed by atoms with Gasteiger partial charge in [-0.05, 0) is 30.7 Å². The zero-order valence-electron chi connectivity index (χ0n) is 11.8. The summed E-state index contributed by atoms with van der Waals surface area (Å²) in [5.41, 5.74) is 5.83. The van der Waals surface area contributed by atoms with E-state index in [0.717, 1.165) is 15.3 Å². The van der Waals surface area contributed by atoms with Crippen molar-refractivity contribution in [1.29, 1.82) is 0 Å². The molecular weight excluding hydrogens is 370 g/mol. The third-order valence-corrected chi connectivity index (χ3v) is 3.38. The van der Waals surface area contributed by atoms with Crippen molar-refractivity contribution in [3.8, 4) is 11.6 Å². The van der Waals surface area contributed by atoms with Crippen LogP contribution in [0.25, 0.3) is 5.69 Å². The van der Waals surface area contributed by atoms with E-state index in [-0.39, 0.29) is 5.56 Å². The molecule has 10 heteroatoms. The van der Waals surface area contributed by atoms with Gasteiger partial charge in [-0.3, -0.25) is 9.78 Å². The maximum atomic E-state index is 12.0. The average molecular weight is 382 g/mol. The van der Waals surface area contributed by atoms with Gasteiger partial charge in [0.05, 0.1) is 11.9 Å². The number of urea groups is 1. The molecule has 0 spiro atoms. The van der Waals surface area contributed by atoms with E-state index in [9.17, 15) is 19.5 Å². The SMILES string of the molecule is Cc1cc(Br)ccc1-n1c(O)c(/C=N/NC(N)=O)c(=O)[nH]c1=O. The number of nitrogens with zero attached hydrogens (tertiary/aromatic N) is 2. The molecule has 2 amide bonds. The van der Waals surface area contributed by atoms with Crippen LogP contribution in [0, 0.1) is 6.92 Å². The van der Waals surface area contributed by atoms with Crippen LogP contribution in [0.5, 0.6) is 5.88 Å². The first kappa shape index (κ1) is 16.5. The number of carbonyl (C=O) groups excluding carboxylic acids is 1. The number of carbonyl (C=O) groups is 1. The van der Waals surface area contributed by atoms with E-state index >= 15 is 0 Å². The third kappa shape index (κ3) is 3.48. The van der Waals surface area contributed by atoms with Crippen molar-refractivity contribution in [3.63, 3.8) is 0 Å². The molecule has 1 aromatic heterocycles. The van der Waals surface area contributed by atoms with Crippen molar-refractivity contribution in [2.45, 2.75) is 6.92 Å². The number of rotatable bonds is 3. The first-order chi connectivity index (χ1) is 10.8. The van der Waals surface area contributed by atoms with Crippen LogP contribution in [0.2, 0.25) is 0 Å². The normalized spacial score (nSPS) is 10.9. The molecule has 0 radical (unpaired) electrons. The molecule has 0 aliphatic heterocycles. The molecule has 0 bridgehead atoms. The summed E-state index contributed by atoms with van der Waals surface area (Å²) in [6.45, 7) is 1.74. The topological polar surface area (TPSA) is 143 Å². The maximum absolute atomic E-state index is 12.0. The fourth-order valence-electron chi connectivity index (χ4n) is 1.91. The van der Waals surface area contributed by atoms with Crippen LogP contribution in [0.3, 0.4) is 0 Å². The van der Waals surface area contributed by atoms with Crippen LogP contribution in [0.4, 0.5) is 4.79 Å². The number of hydrazone groups is 1. The molecule has 9 nitrogen and oxygen atoms in total. The van der Waals surface area contributed by atoms with E-state index in [0.29, 0.717) is 11.3 Å². The minimum absolute atomic E-state index is 0.305. The number of nitrogens with one attached hydrogen (secondary N) is 2. The molecule has 0 aliphatic rings. The Morgan fingerprint density at radius 2 is 2.17 bits per heavy atom. The summed E-state index contributed by atoms with van der Waals surface area (Å²) >= 11 is 3.30. The third-order valence-electron chi connectivity index (χ3n) is 2.89. The van der Waals surface area contributed by atoms with E-state index in [2.05, 4.69) is 26.0 Å². The van der Waals surface area contributed by atoms with Crippen LogP contribution in [-0.4, -0.2) is 26.9 Å². The number of nitrogens with two attached hydrogens (primary N) is 1. The summed E-state index contributed by atoms with van der Waals surface area (Å²) in [7, 11) is 0. The van der Waals surface area contributed by atoms with Crippen molar-refractivity contribution in [3.05, 3.63) is 54.6 Å². The van der Waals surface area contributed by atoms with Crippen LogP contribution in [0.15, 0.2) is 37.4 Å². The zero-order valence-corrected chi connectivity index (χ0v) is 13.4. The highest BCUT2D eigenvalue weighted by Crippen LogP contribution is 2.22. The molecule has 5 N–H and O–H groups in total. The maximum Gasteiger partial charge on any atom is 0.335 e. The Morgan fingerprint density at radius 1 is 1.48 bits per heavy atom. The van der Waals surface area contributed by atoms with E-state index in [4.69, 9.17) is 5.73 Å². The molecule has 2 aromatic rings. The molecule has 120 valence electrons. The van der Waals surface area contributed by atoms with Crippen LogP contribution >= 0.6 is 15.9 Å². The predicted molar refractivity (Wildman–Crippen MR) is 87.1 cm³/mol. The monoisotopic (exact) mass is 381 g/mol. The molecule has 1 aromatic carbocycles. The Kier molecular flexibility index (Phi) is 4.65. The number of aromatic amines is 1. The highest BCUT2D eigenvalue weighted by atomic mass is 79.9. The first-order valence-corrected chi connectivity index (χ1v) is 7.04. The number of hydrogen-bond acceptors (Lipinski definition) is 5. The molecular formula is C13H12BrN5O4. The van der Waals surface area contributed by atoms with Gasteiger partial charge in [0.2, 0.25) is 5.88 Å². The van der Waals surface area contributed by atoms with Gasteiger partial charge in [-0.25, -0.2) is 19.6 Å². The second-order valence-corrected chi connectivity index (χ2v) is 5.41. The van der Waals surface area contributed by atoms with Gasteiger partial charge >= 0.3 is 11.7 Å². The van der Waals surface area contributed by atoms with Crippen molar-refractivity contribution in [2.75, 3.05) is 0 Å². The van der Waals surface area contributed by atoms with E-state index in [1.807, 2.05) is 5.43 Å². The molecule has 0 aliphatic carbocycles. The van der Waals surface area contributed by atoms with Gasteiger partial charge in [-0.15, -0.1) is 0 Å². The van der Waals surface area contributed by atoms with Gasteiger partial charge in [0, 0.05) is 4.47 Å². The standard InChI is InChI=1S/C13H12BrN5O4/c1-6-4-7(14)2-3-9(6)19-11(21)8(5-16-18-12(15)22)10(20)17-13(19)23/h2-5,21H,1H3,(H3,15,18,22)(H,17,20,23)/b16-5+. The second kappa shape index (κ2) is 6.48. The lowest BCUT2D eigenvalue weighted by Crippen LogP contribution is -2.32. The van der Waals surface area contributed by atoms with Gasteiger partial charge in [-0.1, -0.05) is 15.9 Å². The van der Waals surface area contributed by atoms with Crippen LogP contribution < -0.4 is 22.4 Å². The van der Waals surface area contributed by atoms with Gasteiger partial charge in [0.15, 0.2) is 0 Å². The average Bonchev–Trinajstić information content (AvgIpc) is 2.44. The van der Waals surface area contributed by atoms with Crippen molar-refractivity contribution >= 4 is 28.2 Å². The quantitative estimate of drug-likeness (QED) is 0.447. The number of aromatic hydroxyl groups is 1. The van der Waals surface area contributed by atoms with Crippen LogP contribution in [0.1, 0.15) is 11.1 Å². The minimum Gasteiger partial charge on any atom is -0.493 e. The molecule has 0 atom stereocenters. The van der Waals surface area contributed by atoms with Crippen LogP contribution in [-0.2, 0) is 0 Å². The Morgan fingerprint density at radius 3 is 2.78 bits per heavy atom. The fraction of sp³-hybridized carbons (Fsp3) is 0.0769. The summed E-state index contributed by atoms with van der Waals surface area (Å²) in [5.74, 6) is -0.612. The molecule has 1 heterocycles. The highest BCUT2D eigenvalue weighted by molar-refractivity contribution is 9.10. The first-order valence-electron chi connectivity index (χ1n) is 6.24. The highest BCUT2D eigenvalue weighted by Gasteiger charge is 2.15. The lowest BCUT2D eigenvalue weighted by atomic mass is 10.2. The Bertz CT molecular complexity index is 916. The molecule has 2 rings (SSSR count). The van der Waals surface area contributed by atoms with Crippen molar-refractivity contribution < 1.29 is 9.90 Å². The second-order valence-electron chi connectivity index (χ2n) is 4.50. The lowest BCUT2D eigenvalue weighted by molar-refractivity contribution is 0.249. The van der Waals surface area contributed by atoms with E-state index < -0.39 is 23.2 Å². The number of benzene rings is 1. The minimum atomic E-state index is -0.936. The summed E-state index contributed by atoms with van der Waals surface area (Å²) in [4.78, 5) is 36.5. The number of aromatic nitrogens is 2. The lowest BCUT2D eigenvalue weighted by Gasteiger charge is -2.12. The Labute approximate surface area is 137 Å². The number of amides is 2. The van der Waals surface area contributed by atoms with E-state index in [1.165, 1.54) is 0 Å². The number of aryl methyl sites for hydroxylation is 1. The molecule has 0 saturated heterocycles. The Hall–Kier alpha value is -2.88. The summed E-state index contributed by atoms with van der Waals surface area (Å²) in [6.07, 6.45) is 0.892. The molecule has 0 saturated carbocycles. The van der Waals surface area contributed by atoms with E-state index in [1.54, 1.807) is 25.1 Å². The zero-order chi connectivity index (χ0) is 17.1. The summed E-state index contributed by atoms with van der Waals surface area (Å²) in [6, 6.07) is 4.09. The van der Waals surface area contributed by atoms with Crippen molar-refractivity contribution in [1.82, 2.24) is 15.0 Å². The Balaban J connectivity index is 2.66. The number of hydrogen-bond donors (Lipinski definition) is 4.